The zero-order valence-electron chi connectivity index (χ0n) is 9.08. The lowest BCUT2D eigenvalue weighted by atomic mass is 9.95. The number of rotatable bonds is 5. The van der Waals surface area contributed by atoms with E-state index in [1.807, 2.05) is 0 Å². The highest BCUT2D eigenvalue weighted by Gasteiger charge is 2.24. The van der Waals surface area contributed by atoms with Crippen LogP contribution in [0.2, 0.25) is 0 Å². The Balaban J connectivity index is 3.10. The van der Waals surface area contributed by atoms with Crippen molar-refractivity contribution < 1.29 is 29.6 Å². The van der Waals surface area contributed by atoms with Crippen molar-refractivity contribution in [2.45, 2.75) is 12.3 Å². The highest BCUT2D eigenvalue weighted by molar-refractivity contribution is 5.82. The maximum atomic E-state index is 11.0. The molecule has 0 bridgehead atoms. The van der Waals surface area contributed by atoms with Crippen LogP contribution in [0.5, 0.6) is 11.5 Å². The standard InChI is InChI=1S/C11H12O6/c1-17-9-4-6(2-3-8(9)12)7(11(15)16)5-10(13)14/h2-4,7,12H,5H2,1H3,(H,13,14)(H,15,16). The van der Waals surface area contributed by atoms with Crippen molar-refractivity contribution in [1.29, 1.82) is 0 Å². The Kier molecular flexibility index (Phi) is 3.92. The smallest absolute Gasteiger partial charge is 0.311 e. The molecule has 0 aromatic heterocycles. The number of carbonyl (C=O) groups is 2. The summed E-state index contributed by atoms with van der Waals surface area (Å²) in [4.78, 5) is 21.5. The summed E-state index contributed by atoms with van der Waals surface area (Å²) >= 11 is 0. The van der Waals surface area contributed by atoms with Gasteiger partial charge in [0.1, 0.15) is 0 Å². The Morgan fingerprint density at radius 1 is 1.35 bits per heavy atom. The van der Waals surface area contributed by atoms with Crippen LogP contribution in [-0.2, 0) is 9.59 Å². The number of aliphatic carboxylic acids is 2. The summed E-state index contributed by atoms with van der Waals surface area (Å²) in [6, 6.07) is 3.95. The molecular weight excluding hydrogens is 228 g/mol. The van der Waals surface area contributed by atoms with Gasteiger partial charge in [0.15, 0.2) is 11.5 Å². The molecular formula is C11H12O6. The highest BCUT2D eigenvalue weighted by Crippen LogP contribution is 2.31. The van der Waals surface area contributed by atoms with Gasteiger partial charge in [0.25, 0.3) is 0 Å². The Bertz CT molecular complexity index is 440. The SMILES string of the molecule is COc1cc(C(CC(=O)O)C(=O)O)ccc1O. The van der Waals surface area contributed by atoms with Crippen molar-refractivity contribution in [3.05, 3.63) is 23.8 Å². The summed E-state index contributed by atoms with van der Waals surface area (Å²) in [7, 11) is 1.33. The lowest BCUT2D eigenvalue weighted by Gasteiger charge is -2.12. The summed E-state index contributed by atoms with van der Waals surface area (Å²) in [5, 5.41) is 26.9. The molecule has 1 rings (SSSR count). The second-order valence-corrected chi connectivity index (χ2v) is 3.42. The summed E-state index contributed by atoms with van der Waals surface area (Å²) in [6.07, 6.45) is -0.525. The van der Waals surface area contributed by atoms with Crippen LogP contribution in [-0.4, -0.2) is 34.4 Å². The van der Waals surface area contributed by atoms with Crippen molar-refractivity contribution in [1.82, 2.24) is 0 Å². The number of hydrogen-bond acceptors (Lipinski definition) is 4. The van der Waals surface area contributed by atoms with Crippen LogP contribution in [0.25, 0.3) is 0 Å². The molecule has 1 unspecified atom stereocenters. The van der Waals surface area contributed by atoms with Crippen LogP contribution in [0.3, 0.4) is 0 Å². The number of carboxylic acids is 2. The van der Waals surface area contributed by atoms with Gasteiger partial charge in [-0.3, -0.25) is 9.59 Å². The summed E-state index contributed by atoms with van der Waals surface area (Å²) in [5.41, 5.74) is 0.273. The molecule has 0 radical (unpaired) electrons. The second kappa shape index (κ2) is 5.20. The van der Waals surface area contributed by atoms with Crippen molar-refractivity contribution >= 4 is 11.9 Å². The molecule has 3 N–H and O–H groups in total. The van der Waals surface area contributed by atoms with Gasteiger partial charge >= 0.3 is 11.9 Å². The van der Waals surface area contributed by atoms with Crippen LogP contribution in [0.15, 0.2) is 18.2 Å². The van der Waals surface area contributed by atoms with Crippen molar-refractivity contribution in [3.63, 3.8) is 0 Å². The second-order valence-electron chi connectivity index (χ2n) is 3.42. The van der Waals surface area contributed by atoms with E-state index in [2.05, 4.69) is 0 Å². The predicted octanol–water partition coefficient (Wildman–Crippen LogP) is 1.04. The molecule has 0 aliphatic heterocycles. The molecule has 1 aromatic carbocycles. The molecule has 0 fully saturated rings. The summed E-state index contributed by atoms with van der Waals surface area (Å²) < 4.78 is 4.83. The first kappa shape index (κ1) is 12.8. The first-order valence-electron chi connectivity index (χ1n) is 4.77. The first-order chi connectivity index (χ1) is 7.95. The van der Waals surface area contributed by atoms with Gasteiger partial charge < -0.3 is 20.1 Å². The van der Waals surface area contributed by atoms with Gasteiger partial charge in [0, 0.05) is 0 Å². The molecule has 1 aromatic rings. The van der Waals surface area contributed by atoms with E-state index in [1.54, 1.807) is 0 Å². The summed E-state index contributed by atoms with van der Waals surface area (Å²) in [6.45, 7) is 0. The maximum absolute atomic E-state index is 11.0. The maximum Gasteiger partial charge on any atom is 0.311 e. The minimum atomic E-state index is -1.24. The average molecular weight is 240 g/mol. The van der Waals surface area contributed by atoms with E-state index in [0.29, 0.717) is 0 Å². The Labute approximate surface area is 97.1 Å². The zero-order chi connectivity index (χ0) is 13.0. The Morgan fingerprint density at radius 3 is 2.47 bits per heavy atom. The lowest BCUT2D eigenvalue weighted by molar-refractivity contribution is -0.145. The number of aromatic hydroxyl groups is 1. The average Bonchev–Trinajstić information content (AvgIpc) is 2.26. The van der Waals surface area contributed by atoms with Crippen LogP contribution in [0, 0.1) is 0 Å². The van der Waals surface area contributed by atoms with Gasteiger partial charge in [0.05, 0.1) is 19.4 Å². The van der Waals surface area contributed by atoms with Crippen LogP contribution >= 0.6 is 0 Å². The number of benzene rings is 1. The fourth-order valence-corrected chi connectivity index (χ4v) is 1.43. The molecule has 0 amide bonds. The Morgan fingerprint density at radius 2 is 2.00 bits per heavy atom. The fraction of sp³-hybridized carbons (Fsp3) is 0.273. The molecule has 0 saturated carbocycles. The van der Waals surface area contributed by atoms with Crippen LogP contribution in [0.1, 0.15) is 17.9 Å². The van der Waals surface area contributed by atoms with Crippen LogP contribution in [0.4, 0.5) is 0 Å². The molecule has 17 heavy (non-hydrogen) atoms. The van der Waals surface area contributed by atoms with Crippen molar-refractivity contribution in [2.24, 2.45) is 0 Å². The molecule has 1 atom stereocenters. The topological polar surface area (TPSA) is 104 Å². The molecule has 0 spiro atoms. The predicted molar refractivity (Wildman–Crippen MR) is 57.3 cm³/mol. The minimum Gasteiger partial charge on any atom is -0.504 e. The number of hydrogen-bond donors (Lipinski definition) is 3. The van der Waals surface area contributed by atoms with E-state index in [1.165, 1.54) is 25.3 Å². The third kappa shape index (κ3) is 3.10. The molecule has 92 valence electrons. The van der Waals surface area contributed by atoms with E-state index in [-0.39, 0.29) is 17.1 Å². The van der Waals surface area contributed by atoms with Gasteiger partial charge in [-0.2, -0.15) is 0 Å². The third-order valence-corrected chi connectivity index (χ3v) is 2.28. The lowest BCUT2D eigenvalue weighted by Crippen LogP contribution is -2.15. The quantitative estimate of drug-likeness (QED) is 0.710. The normalized spacial score (nSPS) is 11.8. The third-order valence-electron chi connectivity index (χ3n) is 2.28. The van der Waals surface area contributed by atoms with Gasteiger partial charge in [-0.05, 0) is 17.7 Å². The van der Waals surface area contributed by atoms with E-state index in [4.69, 9.17) is 14.9 Å². The summed E-state index contributed by atoms with van der Waals surface area (Å²) in [5.74, 6) is -3.62. The van der Waals surface area contributed by atoms with E-state index in [9.17, 15) is 14.7 Å². The first-order valence-corrected chi connectivity index (χ1v) is 4.77. The molecule has 6 nitrogen and oxygen atoms in total. The molecule has 6 heteroatoms. The highest BCUT2D eigenvalue weighted by atomic mass is 16.5. The zero-order valence-corrected chi connectivity index (χ0v) is 9.08. The molecule has 0 aliphatic rings. The fourth-order valence-electron chi connectivity index (χ4n) is 1.43. The van der Waals surface area contributed by atoms with Crippen LogP contribution < -0.4 is 4.74 Å². The van der Waals surface area contributed by atoms with Crippen molar-refractivity contribution in [3.8, 4) is 11.5 Å². The number of methoxy groups -OCH3 is 1. The molecule has 0 aliphatic carbocycles. The van der Waals surface area contributed by atoms with Gasteiger partial charge in [-0.1, -0.05) is 6.07 Å². The number of carboxylic acid groups (broad SMARTS) is 2. The largest absolute Gasteiger partial charge is 0.504 e. The number of phenols is 1. The van der Waals surface area contributed by atoms with E-state index >= 15 is 0 Å². The number of ether oxygens (including phenoxy) is 1. The van der Waals surface area contributed by atoms with Gasteiger partial charge in [-0.25, -0.2) is 0 Å². The monoisotopic (exact) mass is 240 g/mol. The minimum absolute atomic E-state index is 0.110. The molecule has 0 saturated heterocycles. The Hall–Kier alpha value is -2.24. The van der Waals surface area contributed by atoms with Crippen molar-refractivity contribution in [2.75, 3.05) is 7.11 Å². The number of phenolic OH excluding ortho intramolecular Hbond substituents is 1. The van der Waals surface area contributed by atoms with E-state index in [0.717, 1.165) is 0 Å². The molecule has 0 heterocycles. The van der Waals surface area contributed by atoms with Gasteiger partial charge in [-0.15, -0.1) is 0 Å². The van der Waals surface area contributed by atoms with Gasteiger partial charge in [0.2, 0.25) is 0 Å². The van der Waals surface area contributed by atoms with E-state index < -0.39 is 24.3 Å².